The number of hydrogen-bond acceptors (Lipinski definition) is 3. The second kappa shape index (κ2) is 4.72. The average Bonchev–Trinajstić information content (AvgIpc) is 3.08. The zero-order valence-corrected chi connectivity index (χ0v) is 12.0. The summed E-state index contributed by atoms with van der Waals surface area (Å²) in [6.07, 6.45) is 3.07. The van der Waals surface area contributed by atoms with Crippen molar-refractivity contribution in [2.75, 3.05) is 19.7 Å². The van der Waals surface area contributed by atoms with Crippen molar-refractivity contribution in [3.63, 3.8) is 0 Å². The number of epoxide rings is 1. The van der Waals surface area contributed by atoms with Gasteiger partial charge in [0.05, 0.1) is 12.2 Å². The number of carbonyl (C=O) groups excluding carboxylic acids is 1. The zero-order valence-electron chi connectivity index (χ0n) is 12.0. The topological polar surface area (TPSA) is 42.1 Å². The summed E-state index contributed by atoms with van der Waals surface area (Å²) in [4.78, 5) is 13.9. The van der Waals surface area contributed by atoms with E-state index in [-0.39, 0.29) is 11.7 Å². The standard InChI is InChI=1S/C14H25NO3/c1-5-14(10-17-14)11-7-6-8-15(9-11)12(16)18-13(2,3)4/h11H,5-10H2,1-4H3/t11-,14-/m0/s1. The van der Waals surface area contributed by atoms with E-state index in [1.165, 1.54) is 0 Å². The summed E-state index contributed by atoms with van der Waals surface area (Å²) in [5, 5.41) is 0. The van der Waals surface area contributed by atoms with E-state index in [4.69, 9.17) is 9.47 Å². The quantitative estimate of drug-likeness (QED) is 0.712. The molecule has 2 fully saturated rings. The maximum absolute atomic E-state index is 12.1. The van der Waals surface area contributed by atoms with Gasteiger partial charge >= 0.3 is 6.09 Å². The van der Waals surface area contributed by atoms with Gasteiger partial charge in [0.15, 0.2) is 0 Å². The van der Waals surface area contributed by atoms with Crippen LogP contribution in [0.15, 0.2) is 0 Å². The van der Waals surface area contributed by atoms with Crippen LogP contribution in [0.5, 0.6) is 0 Å². The maximum atomic E-state index is 12.1. The molecule has 2 atom stereocenters. The molecule has 0 bridgehead atoms. The van der Waals surface area contributed by atoms with Gasteiger partial charge in [-0.2, -0.15) is 0 Å². The highest BCUT2D eigenvalue weighted by atomic mass is 16.6. The molecule has 4 nitrogen and oxygen atoms in total. The third kappa shape index (κ3) is 2.97. The van der Waals surface area contributed by atoms with Gasteiger partial charge in [0, 0.05) is 19.0 Å². The second-order valence-electron chi connectivity index (χ2n) is 6.47. The fraction of sp³-hybridized carbons (Fsp3) is 0.929. The first-order chi connectivity index (χ1) is 8.36. The molecule has 2 aliphatic heterocycles. The summed E-state index contributed by atoms with van der Waals surface area (Å²) in [6.45, 7) is 10.3. The van der Waals surface area contributed by atoms with Crippen LogP contribution in [0.2, 0.25) is 0 Å². The Morgan fingerprint density at radius 2 is 2.17 bits per heavy atom. The SMILES string of the molecule is CC[C@@]1([C@H]2CCCN(C(=O)OC(C)(C)C)C2)CO1. The molecule has 2 rings (SSSR count). The van der Waals surface area contributed by atoms with Crippen LogP contribution >= 0.6 is 0 Å². The maximum Gasteiger partial charge on any atom is 0.410 e. The van der Waals surface area contributed by atoms with Crippen molar-refractivity contribution in [1.29, 1.82) is 0 Å². The predicted octanol–water partition coefficient (Wildman–Crippen LogP) is 2.81. The Labute approximate surface area is 110 Å². The number of likely N-dealkylation sites (tertiary alicyclic amines) is 1. The molecule has 4 heteroatoms. The minimum atomic E-state index is -0.414. The van der Waals surface area contributed by atoms with Gasteiger partial charge in [-0.25, -0.2) is 4.79 Å². The molecule has 0 spiro atoms. The Morgan fingerprint density at radius 3 is 2.67 bits per heavy atom. The lowest BCUT2D eigenvalue weighted by Crippen LogP contribution is -2.46. The van der Waals surface area contributed by atoms with Gasteiger partial charge < -0.3 is 14.4 Å². The first-order valence-corrected chi connectivity index (χ1v) is 6.98. The van der Waals surface area contributed by atoms with Crippen LogP contribution in [0.3, 0.4) is 0 Å². The summed E-state index contributed by atoms with van der Waals surface area (Å²) in [5.74, 6) is 0.476. The van der Waals surface area contributed by atoms with Crippen LogP contribution < -0.4 is 0 Å². The van der Waals surface area contributed by atoms with Crippen molar-refractivity contribution in [3.05, 3.63) is 0 Å². The summed E-state index contributed by atoms with van der Waals surface area (Å²) >= 11 is 0. The van der Waals surface area contributed by atoms with Crippen LogP contribution in [0.1, 0.15) is 47.0 Å². The first-order valence-electron chi connectivity index (χ1n) is 6.98. The molecule has 0 radical (unpaired) electrons. The van der Waals surface area contributed by atoms with Gasteiger partial charge in [-0.05, 0) is 40.0 Å². The molecule has 0 aromatic heterocycles. The van der Waals surface area contributed by atoms with Gasteiger partial charge in [0.2, 0.25) is 0 Å². The van der Waals surface area contributed by atoms with Crippen LogP contribution in [-0.4, -0.2) is 41.9 Å². The van der Waals surface area contributed by atoms with E-state index >= 15 is 0 Å². The van der Waals surface area contributed by atoms with E-state index in [1.54, 1.807) is 0 Å². The summed E-state index contributed by atoms with van der Waals surface area (Å²) < 4.78 is 11.1. The van der Waals surface area contributed by atoms with Crippen LogP contribution in [0.25, 0.3) is 0 Å². The third-order valence-electron chi connectivity index (χ3n) is 3.93. The molecule has 0 unspecified atom stereocenters. The molecule has 2 heterocycles. The van der Waals surface area contributed by atoms with Crippen molar-refractivity contribution in [2.24, 2.45) is 5.92 Å². The smallest absolute Gasteiger partial charge is 0.410 e. The number of nitrogens with zero attached hydrogens (tertiary/aromatic N) is 1. The van der Waals surface area contributed by atoms with Crippen molar-refractivity contribution in [2.45, 2.75) is 58.2 Å². The van der Waals surface area contributed by atoms with Crippen molar-refractivity contribution < 1.29 is 14.3 Å². The predicted molar refractivity (Wildman–Crippen MR) is 69.5 cm³/mol. The molecule has 104 valence electrons. The summed E-state index contributed by atoms with van der Waals surface area (Å²) in [6, 6.07) is 0. The highest BCUT2D eigenvalue weighted by Gasteiger charge is 2.51. The van der Waals surface area contributed by atoms with Gasteiger partial charge in [-0.3, -0.25) is 0 Å². The molecular formula is C14H25NO3. The summed E-state index contributed by atoms with van der Waals surface area (Å²) in [7, 11) is 0. The van der Waals surface area contributed by atoms with Crippen LogP contribution in [-0.2, 0) is 9.47 Å². The number of piperidine rings is 1. The number of carbonyl (C=O) groups is 1. The normalized spacial score (nSPS) is 32.2. The van der Waals surface area contributed by atoms with Crippen LogP contribution in [0.4, 0.5) is 4.79 Å². The number of rotatable bonds is 2. The molecule has 0 aromatic rings. The third-order valence-corrected chi connectivity index (χ3v) is 3.93. The van der Waals surface area contributed by atoms with E-state index in [0.29, 0.717) is 5.92 Å². The Morgan fingerprint density at radius 1 is 1.50 bits per heavy atom. The van der Waals surface area contributed by atoms with E-state index in [1.807, 2.05) is 25.7 Å². The fourth-order valence-electron chi connectivity index (χ4n) is 2.72. The molecule has 0 aliphatic carbocycles. The molecule has 2 aliphatic rings. The number of ether oxygens (including phenoxy) is 2. The largest absolute Gasteiger partial charge is 0.444 e. The molecule has 0 saturated carbocycles. The Hall–Kier alpha value is -0.770. The Bertz CT molecular complexity index is 317. The second-order valence-corrected chi connectivity index (χ2v) is 6.47. The van der Waals surface area contributed by atoms with Gasteiger partial charge in [-0.1, -0.05) is 6.92 Å². The van der Waals surface area contributed by atoms with Crippen molar-refractivity contribution in [1.82, 2.24) is 4.90 Å². The average molecular weight is 255 g/mol. The van der Waals surface area contributed by atoms with Crippen molar-refractivity contribution >= 4 is 6.09 Å². The fourth-order valence-corrected chi connectivity index (χ4v) is 2.72. The van der Waals surface area contributed by atoms with E-state index in [2.05, 4.69) is 6.92 Å². The van der Waals surface area contributed by atoms with E-state index in [0.717, 1.165) is 39.0 Å². The Kier molecular flexibility index (Phi) is 3.58. The number of hydrogen-bond donors (Lipinski definition) is 0. The monoisotopic (exact) mass is 255 g/mol. The lowest BCUT2D eigenvalue weighted by Gasteiger charge is -2.36. The van der Waals surface area contributed by atoms with Crippen LogP contribution in [0, 0.1) is 5.92 Å². The zero-order chi connectivity index (χ0) is 13.4. The lowest BCUT2D eigenvalue weighted by atomic mass is 9.84. The first kappa shape index (κ1) is 13.7. The van der Waals surface area contributed by atoms with Gasteiger partial charge in [0.25, 0.3) is 0 Å². The molecule has 0 N–H and O–H groups in total. The van der Waals surface area contributed by atoms with Crippen molar-refractivity contribution in [3.8, 4) is 0 Å². The molecule has 1 amide bonds. The molecule has 2 saturated heterocycles. The van der Waals surface area contributed by atoms with Gasteiger partial charge in [-0.15, -0.1) is 0 Å². The minimum Gasteiger partial charge on any atom is -0.444 e. The highest BCUT2D eigenvalue weighted by Crippen LogP contribution is 2.42. The molecular weight excluding hydrogens is 230 g/mol. The molecule has 0 aromatic carbocycles. The minimum absolute atomic E-state index is 0.0562. The van der Waals surface area contributed by atoms with E-state index < -0.39 is 5.60 Å². The number of amides is 1. The summed E-state index contributed by atoms with van der Waals surface area (Å²) in [5.41, 5.74) is -0.358. The lowest BCUT2D eigenvalue weighted by molar-refractivity contribution is 0.0106. The molecule has 18 heavy (non-hydrogen) atoms. The Balaban J connectivity index is 1.93. The van der Waals surface area contributed by atoms with Gasteiger partial charge in [0.1, 0.15) is 5.60 Å². The highest BCUT2D eigenvalue weighted by molar-refractivity contribution is 5.68. The van der Waals surface area contributed by atoms with E-state index in [9.17, 15) is 4.79 Å².